The highest BCUT2D eigenvalue weighted by molar-refractivity contribution is 6.31. The Kier molecular flexibility index (Phi) is 4.66. The quantitative estimate of drug-likeness (QED) is 0.400. The van der Waals surface area contributed by atoms with E-state index in [0.717, 1.165) is 28.7 Å². The third-order valence-corrected chi connectivity index (χ3v) is 6.18. The Labute approximate surface area is 183 Å². The summed E-state index contributed by atoms with van der Waals surface area (Å²) < 4.78 is 28.6. The Balaban J connectivity index is 1.77. The maximum absolute atomic E-state index is 14.1. The lowest BCUT2D eigenvalue weighted by atomic mass is 10.2. The van der Waals surface area contributed by atoms with Gasteiger partial charge in [-0.1, -0.05) is 11.6 Å². The average molecular weight is 442 g/mol. The van der Waals surface area contributed by atoms with Gasteiger partial charge in [-0.15, -0.1) is 0 Å². The highest BCUT2D eigenvalue weighted by Gasteiger charge is 2.26. The number of hydrogen-bond acceptors (Lipinski definition) is 4. The average Bonchev–Trinajstić information content (AvgIpc) is 3.45. The summed E-state index contributed by atoms with van der Waals surface area (Å²) in [7, 11) is 4.79. The van der Waals surface area contributed by atoms with Crippen molar-refractivity contribution in [2.24, 2.45) is 13.0 Å². The molecule has 1 aliphatic rings. The summed E-state index contributed by atoms with van der Waals surface area (Å²) in [4.78, 5) is 16.9. The minimum atomic E-state index is -0.458. The molecule has 8 heteroatoms. The van der Waals surface area contributed by atoms with Gasteiger partial charge in [-0.2, -0.15) is 0 Å². The van der Waals surface area contributed by atoms with Crippen LogP contribution in [0.5, 0.6) is 5.75 Å². The van der Waals surface area contributed by atoms with Gasteiger partial charge in [0.1, 0.15) is 17.1 Å². The van der Waals surface area contributed by atoms with E-state index in [1.54, 1.807) is 25.3 Å². The SMILES string of the molecule is COC(=O)c1cc(OC)c2c(c1)nc(-c1cc3cc(F)c(Cl)cc3n1CC1CC1)n2C. The minimum absolute atomic E-state index is 0.101. The van der Waals surface area contributed by atoms with E-state index in [-0.39, 0.29) is 5.02 Å². The molecule has 0 N–H and O–H groups in total. The fourth-order valence-electron chi connectivity index (χ4n) is 4.13. The van der Waals surface area contributed by atoms with E-state index in [1.165, 1.54) is 26.0 Å². The van der Waals surface area contributed by atoms with Crippen molar-refractivity contribution in [3.05, 3.63) is 46.7 Å². The van der Waals surface area contributed by atoms with Crippen molar-refractivity contribution in [1.82, 2.24) is 14.1 Å². The van der Waals surface area contributed by atoms with Crippen LogP contribution >= 0.6 is 11.6 Å². The number of benzene rings is 2. The lowest BCUT2D eigenvalue weighted by Gasteiger charge is -2.11. The van der Waals surface area contributed by atoms with Crippen molar-refractivity contribution in [3.8, 4) is 17.3 Å². The third kappa shape index (κ3) is 3.24. The summed E-state index contributed by atoms with van der Waals surface area (Å²) in [5.41, 5.74) is 3.48. The molecule has 4 aromatic rings. The van der Waals surface area contributed by atoms with Crippen LogP contribution in [-0.4, -0.2) is 34.3 Å². The van der Waals surface area contributed by atoms with Gasteiger partial charge in [0.15, 0.2) is 5.82 Å². The van der Waals surface area contributed by atoms with Gasteiger partial charge in [-0.25, -0.2) is 14.2 Å². The van der Waals surface area contributed by atoms with Gasteiger partial charge in [0, 0.05) is 19.0 Å². The number of halogens is 2. The van der Waals surface area contributed by atoms with Crippen molar-refractivity contribution in [2.75, 3.05) is 14.2 Å². The van der Waals surface area contributed by atoms with Gasteiger partial charge in [0.25, 0.3) is 0 Å². The number of carbonyl (C=O) groups is 1. The van der Waals surface area contributed by atoms with E-state index in [2.05, 4.69) is 4.57 Å². The molecule has 0 atom stereocenters. The monoisotopic (exact) mass is 441 g/mol. The first-order chi connectivity index (χ1) is 14.9. The van der Waals surface area contributed by atoms with Crippen LogP contribution < -0.4 is 4.74 Å². The molecule has 0 radical (unpaired) electrons. The second kappa shape index (κ2) is 7.27. The molecule has 0 unspecified atom stereocenters. The smallest absolute Gasteiger partial charge is 0.338 e. The van der Waals surface area contributed by atoms with Crippen LogP contribution in [0, 0.1) is 11.7 Å². The molecule has 2 aromatic heterocycles. The molecule has 1 saturated carbocycles. The largest absolute Gasteiger partial charge is 0.494 e. The first-order valence-corrected chi connectivity index (χ1v) is 10.4. The van der Waals surface area contributed by atoms with E-state index < -0.39 is 11.8 Å². The molecule has 1 fully saturated rings. The summed E-state index contributed by atoms with van der Waals surface area (Å²) in [5, 5.41) is 0.871. The first-order valence-electron chi connectivity index (χ1n) is 10.0. The van der Waals surface area contributed by atoms with Crippen molar-refractivity contribution in [1.29, 1.82) is 0 Å². The second-order valence-corrected chi connectivity index (χ2v) is 8.35. The number of aromatic nitrogens is 3. The number of imidazole rings is 1. The number of carbonyl (C=O) groups excluding carboxylic acids is 1. The second-order valence-electron chi connectivity index (χ2n) is 7.94. The molecule has 6 nitrogen and oxygen atoms in total. The van der Waals surface area contributed by atoms with Crippen LogP contribution in [-0.2, 0) is 18.3 Å². The Morgan fingerprint density at radius 2 is 2.00 bits per heavy atom. The normalized spacial score (nSPS) is 13.8. The minimum Gasteiger partial charge on any atom is -0.494 e. The van der Waals surface area contributed by atoms with Crippen molar-refractivity contribution >= 4 is 39.5 Å². The van der Waals surface area contributed by atoms with Crippen molar-refractivity contribution < 1.29 is 18.7 Å². The lowest BCUT2D eigenvalue weighted by molar-refractivity contribution is 0.0600. The van der Waals surface area contributed by atoms with Gasteiger partial charge >= 0.3 is 5.97 Å². The van der Waals surface area contributed by atoms with E-state index in [0.29, 0.717) is 28.6 Å². The van der Waals surface area contributed by atoms with Crippen molar-refractivity contribution in [2.45, 2.75) is 19.4 Å². The fourth-order valence-corrected chi connectivity index (χ4v) is 4.29. The van der Waals surface area contributed by atoms with E-state index in [4.69, 9.17) is 26.1 Å². The number of aryl methyl sites for hydroxylation is 1. The highest BCUT2D eigenvalue weighted by Crippen LogP contribution is 2.38. The maximum atomic E-state index is 14.1. The molecular formula is C23H21ClFN3O3. The molecule has 0 aliphatic heterocycles. The summed E-state index contributed by atoms with van der Waals surface area (Å²) in [6, 6.07) is 8.41. The number of esters is 1. The van der Waals surface area contributed by atoms with Crippen LogP contribution in [0.2, 0.25) is 5.02 Å². The molecule has 0 bridgehead atoms. The zero-order valence-corrected chi connectivity index (χ0v) is 18.2. The van der Waals surface area contributed by atoms with Gasteiger partial charge in [-0.3, -0.25) is 0 Å². The molecule has 0 saturated heterocycles. The lowest BCUT2D eigenvalue weighted by Crippen LogP contribution is -2.05. The topological polar surface area (TPSA) is 58.3 Å². The predicted octanol–water partition coefficient (Wildman–Crippen LogP) is 5.19. The Hall–Kier alpha value is -3.06. The van der Waals surface area contributed by atoms with Crippen LogP contribution in [0.4, 0.5) is 4.39 Å². The molecule has 2 heterocycles. The van der Waals surface area contributed by atoms with Crippen LogP contribution in [0.3, 0.4) is 0 Å². The number of ether oxygens (including phenoxy) is 2. The molecule has 160 valence electrons. The summed E-state index contributed by atoms with van der Waals surface area (Å²) in [6.45, 7) is 0.814. The molecule has 0 spiro atoms. The van der Waals surface area contributed by atoms with E-state index in [9.17, 15) is 9.18 Å². The van der Waals surface area contributed by atoms with E-state index in [1.807, 2.05) is 17.7 Å². The van der Waals surface area contributed by atoms with Gasteiger partial charge in [0.05, 0.1) is 41.5 Å². The van der Waals surface area contributed by atoms with Gasteiger partial charge in [-0.05, 0) is 49.1 Å². The number of nitrogens with zero attached hydrogens (tertiary/aromatic N) is 3. The first kappa shape index (κ1) is 19.9. The molecule has 1 aliphatic carbocycles. The third-order valence-electron chi connectivity index (χ3n) is 5.89. The summed E-state index contributed by atoms with van der Waals surface area (Å²) in [5.74, 6) is 0.911. The molecule has 5 rings (SSSR count). The Morgan fingerprint density at radius 1 is 1.23 bits per heavy atom. The maximum Gasteiger partial charge on any atom is 0.338 e. The Bertz CT molecular complexity index is 1350. The molecule has 31 heavy (non-hydrogen) atoms. The number of fused-ring (bicyclic) bond motifs is 2. The Morgan fingerprint density at radius 3 is 2.68 bits per heavy atom. The van der Waals surface area contributed by atoms with Crippen LogP contribution in [0.15, 0.2) is 30.3 Å². The summed E-state index contributed by atoms with van der Waals surface area (Å²) in [6.07, 6.45) is 2.35. The number of hydrogen-bond donors (Lipinski definition) is 0. The molecular weight excluding hydrogens is 421 g/mol. The van der Waals surface area contributed by atoms with Gasteiger partial charge < -0.3 is 18.6 Å². The highest BCUT2D eigenvalue weighted by atomic mass is 35.5. The number of rotatable bonds is 5. The number of methoxy groups -OCH3 is 2. The predicted molar refractivity (Wildman–Crippen MR) is 117 cm³/mol. The van der Waals surface area contributed by atoms with E-state index >= 15 is 0 Å². The standard InChI is InChI=1S/C23H21ClFN3O3/c1-27-21-17(7-14(23(29)31-3)9-20(21)30-2)26-22(27)19-8-13-6-16(25)15(24)10-18(13)28(19)11-12-4-5-12/h6-10,12H,4-5,11H2,1-3H3. The van der Waals surface area contributed by atoms with Crippen LogP contribution in [0.1, 0.15) is 23.2 Å². The van der Waals surface area contributed by atoms with Crippen molar-refractivity contribution in [3.63, 3.8) is 0 Å². The fraction of sp³-hybridized carbons (Fsp3) is 0.304. The van der Waals surface area contributed by atoms with Gasteiger partial charge in [0.2, 0.25) is 0 Å². The molecule has 0 amide bonds. The zero-order valence-electron chi connectivity index (χ0n) is 17.4. The van der Waals surface area contributed by atoms with Crippen LogP contribution in [0.25, 0.3) is 33.5 Å². The molecule has 2 aromatic carbocycles. The summed E-state index contributed by atoms with van der Waals surface area (Å²) >= 11 is 6.09. The zero-order chi connectivity index (χ0) is 21.9.